The third kappa shape index (κ3) is 1.99. The average Bonchev–Trinajstić information content (AvgIpc) is 2.88. The van der Waals surface area contributed by atoms with Crippen LogP contribution in [0, 0.1) is 6.92 Å². The van der Waals surface area contributed by atoms with Crippen LogP contribution in [0.1, 0.15) is 17.6 Å². The molecule has 1 aliphatic heterocycles. The predicted molar refractivity (Wildman–Crippen MR) is 60.6 cm³/mol. The molecule has 2 aromatic heterocycles. The summed E-state index contributed by atoms with van der Waals surface area (Å²) in [5, 5.41) is 7.75. The number of rotatable bonds is 3. The Hall–Kier alpha value is -2.18. The summed E-state index contributed by atoms with van der Waals surface area (Å²) < 4.78 is 6.70. The van der Waals surface area contributed by atoms with Gasteiger partial charge in [-0.15, -0.1) is 0 Å². The highest BCUT2D eigenvalue weighted by atomic mass is 16.5. The van der Waals surface area contributed by atoms with E-state index in [1.54, 1.807) is 35.0 Å². The second kappa shape index (κ2) is 4.25. The third-order valence-corrected chi connectivity index (χ3v) is 2.98. The highest BCUT2D eigenvalue weighted by Gasteiger charge is 2.35. The molecule has 0 N–H and O–H groups in total. The molecule has 18 heavy (non-hydrogen) atoms. The molecule has 3 heterocycles. The van der Waals surface area contributed by atoms with Crippen LogP contribution in [-0.2, 0) is 11.3 Å². The molecule has 0 spiro atoms. The van der Waals surface area contributed by atoms with E-state index in [1.165, 1.54) is 0 Å². The quantitative estimate of drug-likeness (QED) is 0.774. The van der Waals surface area contributed by atoms with E-state index < -0.39 is 0 Å². The second-order valence-corrected chi connectivity index (χ2v) is 4.38. The minimum atomic E-state index is 0.0613. The number of carbonyl (C=O) groups is 1. The van der Waals surface area contributed by atoms with E-state index in [1.807, 2.05) is 0 Å². The molecular formula is C11H13N5O2. The van der Waals surface area contributed by atoms with Crippen LogP contribution >= 0.6 is 0 Å². The standard InChI is InChI=1S/C11H13N5O2/c1-8-13-11(18-14-8)9-5-15(6-9)10(17)7-16-4-2-3-12-16/h2-4,9H,5-7H2,1H3. The van der Waals surface area contributed by atoms with Crippen molar-refractivity contribution in [1.29, 1.82) is 0 Å². The van der Waals surface area contributed by atoms with Gasteiger partial charge in [-0.1, -0.05) is 5.16 Å². The Morgan fingerprint density at radius 1 is 1.56 bits per heavy atom. The minimum absolute atomic E-state index is 0.0613. The molecule has 0 aromatic carbocycles. The monoisotopic (exact) mass is 247 g/mol. The van der Waals surface area contributed by atoms with Crippen molar-refractivity contribution in [2.24, 2.45) is 0 Å². The Balaban J connectivity index is 1.54. The van der Waals surface area contributed by atoms with Crippen molar-refractivity contribution in [3.63, 3.8) is 0 Å². The lowest BCUT2D eigenvalue weighted by Gasteiger charge is -2.37. The zero-order chi connectivity index (χ0) is 12.5. The molecule has 7 heteroatoms. The summed E-state index contributed by atoms with van der Waals surface area (Å²) in [5.74, 6) is 1.49. The fourth-order valence-corrected chi connectivity index (χ4v) is 1.95. The van der Waals surface area contributed by atoms with Crippen LogP contribution in [0.2, 0.25) is 0 Å². The summed E-state index contributed by atoms with van der Waals surface area (Å²) in [4.78, 5) is 17.8. The van der Waals surface area contributed by atoms with Gasteiger partial charge in [-0.05, 0) is 13.0 Å². The molecule has 1 aliphatic rings. The van der Waals surface area contributed by atoms with Gasteiger partial charge < -0.3 is 9.42 Å². The predicted octanol–water partition coefficient (Wildman–Crippen LogP) is 0.201. The van der Waals surface area contributed by atoms with E-state index in [2.05, 4.69) is 15.2 Å². The van der Waals surface area contributed by atoms with E-state index in [4.69, 9.17) is 4.52 Å². The van der Waals surface area contributed by atoms with Crippen molar-refractivity contribution in [3.8, 4) is 0 Å². The molecule has 3 rings (SSSR count). The summed E-state index contributed by atoms with van der Waals surface area (Å²) in [5.41, 5.74) is 0. The Labute approximate surface area is 103 Å². The first-order valence-corrected chi connectivity index (χ1v) is 5.78. The van der Waals surface area contributed by atoms with E-state index in [0.717, 1.165) is 0 Å². The number of likely N-dealkylation sites (tertiary alicyclic amines) is 1. The lowest BCUT2D eigenvalue weighted by atomic mass is 10.0. The number of amides is 1. The first-order chi connectivity index (χ1) is 8.72. The Kier molecular flexibility index (Phi) is 2.58. The molecule has 0 unspecified atom stereocenters. The van der Waals surface area contributed by atoms with E-state index >= 15 is 0 Å². The zero-order valence-electron chi connectivity index (χ0n) is 9.98. The van der Waals surface area contributed by atoms with Crippen LogP contribution in [0.5, 0.6) is 0 Å². The zero-order valence-corrected chi connectivity index (χ0v) is 9.98. The molecule has 0 radical (unpaired) electrons. The normalized spacial score (nSPS) is 15.7. The Morgan fingerprint density at radius 3 is 3.00 bits per heavy atom. The molecule has 0 saturated carbocycles. The van der Waals surface area contributed by atoms with Crippen LogP contribution in [-0.4, -0.2) is 43.8 Å². The van der Waals surface area contributed by atoms with Crippen molar-refractivity contribution in [3.05, 3.63) is 30.2 Å². The maximum absolute atomic E-state index is 11.9. The molecular weight excluding hydrogens is 234 g/mol. The summed E-state index contributed by atoms with van der Waals surface area (Å²) in [7, 11) is 0. The van der Waals surface area contributed by atoms with Gasteiger partial charge in [0.15, 0.2) is 5.82 Å². The number of aryl methyl sites for hydroxylation is 1. The van der Waals surface area contributed by atoms with Crippen LogP contribution < -0.4 is 0 Å². The Morgan fingerprint density at radius 2 is 2.39 bits per heavy atom. The van der Waals surface area contributed by atoms with Gasteiger partial charge in [0.2, 0.25) is 11.8 Å². The summed E-state index contributed by atoms with van der Waals surface area (Å²) in [6, 6.07) is 1.80. The minimum Gasteiger partial charge on any atom is -0.339 e. The molecule has 94 valence electrons. The molecule has 0 bridgehead atoms. The lowest BCUT2D eigenvalue weighted by Crippen LogP contribution is -2.49. The first-order valence-electron chi connectivity index (χ1n) is 5.78. The van der Waals surface area contributed by atoms with Gasteiger partial charge in [0.05, 0.1) is 5.92 Å². The van der Waals surface area contributed by atoms with Crippen molar-refractivity contribution in [2.75, 3.05) is 13.1 Å². The average molecular weight is 247 g/mol. The Bertz CT molecular complexity index is 542. The van der Waals surface area contributed by atoms with Gasteiger partial charge in [-0.3, -0.25) is 9.48 Å². The molecule has 1 saturated heterocycles. The van der Waals surface area contributed by atoms with Crippen LogP contribution in [0.25, 0.3) is 0 Å². The smallest absolute Gasteiger partial charge is 0.244 e. The highest BCUT2D eigenvalue weighted by molar-refractivity contribution is 5.77. The fraction of sp³-hybridized carbons (Fsp3) is 0.455. The number of hydrogen-bond donors (Lipinski definition) is 0. The number of nitrogens with zero attached hydrogens (tertiary/aromatic N) is 5. The van der Waals surface area contributed by atoms with E-state index in [-0.39, 0.29) is 18.4 Å². The van der Waals surface area contributed by atoms with Gasteiger partial charge in [0.1, 0.15) is 6.54 Å². The summed E-state index contributed by atoms with van der Waals surface area (Å²) >= 11 is 0. The summed E-state index contributed by atoms with van der Waals surface area (Å²) in [6.07, 6.45) is 3.43. The van der Waals surface area contributed by atoms with Crippen molar-refractivity contribution >= 4 is 5.91 Å². The molecule has 7 nitrogen and oxygen atoms in total. The number of aromatic nitrogens is 4. The van der Waals surface area contributed by atoms with E-state index in [9.17, 15) is 4.79 Å². The largest absolute Gasteiger partial charge is 0.339 e. The SMILES string of the molecule is Cc1noc(C2CN(C(=O)Cn3cccn3)C2)n1. The maximum atomic E-state index is 11.9. The molecule has 2 aromatic rings. The van der Waals surface area contributed by atoms with Crippen LogP contribution in [0.3, 0.4) is 0 Å². The molecule has 1 amide bonds. The van der Waals surface area contributed by atoms with Gasteiger partial charge in [-0.25, -0.2) is 0 Å². The van der Waals surface area contributed by atoms with E-state index in [0.29, 0.717) is 24.8 Å². The van der Waals surface area contributed by atoms with Crippen LogP contribution in [0.4, 0.5) is 0 Å². The maximum Gasteiger partial charge on any atom is 0.244 e. The fourth-order valence-electron chi connectivity index (χ4n) is 1.95. The highest BCUT2D eigenvalue weighted by Crippen LogP contribution is 2.25. The first kappa shape index (κ1) is 10.9. The number of carbonyl (C=O) groups excluding carboxylic acids is 1. The van der Waals surface area contributed by atoms with Crippen molar-refractivity contribution < 1.29 is 9.32 Å². The second-order valence-electron chi connectivity index (χ2n) is 4.38. The molecule has 0 aliphatic carbocycles. The summed E-state index contributed by atoms with van der Waals surface area (Å²) in [6.45, 7) is 3.35. The van der Waals surface area contributed by atoms with Crippen molar-refractivity contribution in [1.82, 2.24) is 24.8 Å². The molecule has 0 atom stereocenters. The van der Waals surface area contributed by atoms with Gasteiger partial charge >= 0.3 is 0 Å². The van der Waals surface area contributed by atoms with Gasteiger partial charge in [0.25, 0.3) is 0 Å². The lowest BCUT2D eigenvalue weighted by molar-refractivity contribution is -0.136. The van der Waals surface area contributed by atoms with Gasteiger partial charge in [-0.2, -0.15) is 10.1 Å². The topological polar surface area (TPSA) is 77.0 Å². The molecule has 1 fully saturated rings. The number of hydrogen-bond acceptors (Lipinski definition) is 5. The van der Waals surface area contributed by atoms with Crippen LogP contribution in [0.15, 0.2) is 23.0 Å². The third-order valence-electron chi connectivity index (χ3n) is 2.98. The van der Waals surface area contributed by atoms with Gasteiger partial charge in [0, 0.05) is 25.5 Å². The van der Waals surface area contributed by atoms with Crippen molar-refractivity contribution in [2.45, 2.75) is 19.4 Å².